The van der Waals surface area contributed by atoms with Crippen LogP contribution in [-0.4, -0.2) is 22.9 Å². The van der Waals surface area contributed by atoms with Gasteiger partial charge in [-0.3, -0.25) is 4.79 Å². The molecule has 5 heteroatoms. The third-order valence-electron chi connectivity index (χ3n) is 6.56. The fraction of sp³-hybridized carbons (Fsp3) is 0.500. The number of benzene rings is 1. The van der Waals surface area contributed by atoms with Gasteiger partial charge in [-0.25, -0.2) is 0 Å². The van der Waals surface area contributed by atoms with E-state index in [4.69, 9.17) is 5.21 Å². The van der Waals surface area contributed by atoms with E-state index in [1.165, 1.54) is 10.4 Å². The number of hydrogen-bond acceptors (Lipinski definition) is 4. The van der Waals surface area contributed by atoms with Gasteiger partial charge in [-0.2, -0.15) is 0 Å². The van der Waals surface area contributed by atoms with E-state index >= 15 is 0 Å². The molecule has 0 atom stereocenters. The number of amides is 1. The third kappa shape index (κ3) is 4.55. The fourth-order valence-corrected chi connectivity index (χ4v) is 5.61. The Bertz CT molecular complexity index is 843. The number of carbonyl (C=O) groups is 1. The predicted octanol–water partition coefficient (Wildman–Crippen LogP) is 6.35. The molecule has 2 saturated carbocycles. The first-order valence-corrected chi connectivity index (χ1v) is 11.7. The summed E-state index contributed by atoms with van der Waals surface area (Å²) in [5.41, 5.74) is 3.09. The van der Waals surface area contributed by atoms with Crippen LogP contribution in [0.4, 0.5) is 5.69 Å². The Balaban J connectivity index is 1.60. The van der Waals surface area contributed by atoms with Crippen LogP contribution in [-0.2, 0) is 4.79 Å². The Hall–Kier alpha value is -2.14. The molecule has 0 spiro atoms. The molecule has 2 aliphatic carbocycles. The number of rotatable bonds is 4. The minimum atomic E-state index is 0.138. The topological polar surface area (TPSA) is 52.9 Å². The van der Waals surface area contributed by atoms with Crippen molar-refractivity contribution in [2.45, 2.75) is 64.3 Å². The van der Waals surface area contributed by atoms with Crippen molar-refractivity contribution in [3.05, 3.63) is 41.8 Å². The molecule has 154 valence electrons. The molecule has 0 aliphatic heterocycles. The minimum Gasteiger partial charge on any atom is -0.411 e. The SMILES string of the molecule is CC1CCC(C(=O)N(c2csc(-c3ccccc3)c2)C2CCC(=NO)CC2)CC1. The van der Waals surface area contributed by atoms with Crippen LogP contribution in [0.3, 0.4) is 0 Å². The molecule has 1 aromatic carbocycles. The van der Waals surface area contributed by atoms with E-state index in [1.54, 1.807) is 11.3 Å². The van der Waals surface area contributed by atoms with E-state index < -0.39 is 0 Å². The second kappa shape index (κ2) is 9.12. The van der Waals surface area contributed by atoms with Crippen LogP contribution in [0.1, 0.15) is 58.3 Å². The van der Waals surface area contributed by atoms with Crippen molar-refractivity contribution in [1.82, 2.24) is 0 Å². The van der Waals surface area contributed by atoms with Gasteiger partial charge in [0.2, 0.25) is 5.91 Å². The smallest absolute Gasteiger partial charge is 0.230 e. The van der Waals surface area contributed by atoms with Gasteiger partial charge < -0.3 is 10.1 Å². The first-order valence-electron chi connectivity index (χ1n) is 10.8. The van der Waals surface area contributed by atoms with Gasteiger partial charge in [-0.05, 0) is 68.9 Å². The number of anilines is 1. The lowest BCUT2D eigenvalue weighted by Crippen LogP contribution is -2.46. The highest BCUT2D eigenvalue weighted by Crippen LogP contribution is 2.38. The molecule has 0 bridgehead atoms. The van der Waals surface area contributed by atoms with Crippen LogP contribution in [0.5, 0.6) is 0 Å². The average Bonchev–Trinajstić information content (AvgIpc) is 3.25. The highest BCUT2D eigenvalue weighted by atomic mass is 32.1. The molecule has 0 radical (unpaired) electrons. The summed E-state index contributed by atoms with van der Waals surface area (Å²) in [5.74, 6) is 1.17. The quantitative estimate of drug-likeness (QED) is 0.472. The van der Waals surface area contributed by atoms with Crippen molar-refractivity contribution >= 4 is 28.6 Å². The molecule has 2 aliphatic rings. The number of hydrogen-bond donors (Lipinski definition) is 1. The van der Waals surface area contributed by atoms with Crippen molar-refractivity contribution in [1.29, 1.82) is 0 Å². The third-order valence-corrected chi connectivity index (χ3v) is 7.53. The van der Waals surface area contributed by atoms with E-state index in [-0.39, 0.29) is 12.0 Å². The first kappa shape index (κ1) is 20.1. The summed E-state index contributed by atoms with van der Waals surface area (Å²) in [6.07, 6.45) is 7.56. The van der Waals surface area contributed by atoms with Crippen LogP contribution in [0.15, 0.2) is 46.9 Å². The molecule has 1 aromatic heterocycles. The summed E-state index contributed by atoms with van der Waals surface area (Å²) >= 11 is 1.71. The van der Waals surface area contributed by atoms with Gasteiger partial charge in [0.1, 0.15) is 0 Å². The van der Waals surface area contributed by atoms with Crippen molar-refractivity contribution in [2.75, 3.05) is 4.90 Å². The van der Waals surface area contributed by atoms with Gasteiger partial charge in [0.25, 0.3) is 0 Å². The highest BCUT2D eigenvalue weighted by molar-refractivity contribution is 7.14. The Labute approximate surface area is 177 Å². The van der Waals surface area contributed by atoms with Crippen molar-refractivity contribution in [3.8, 4) is 10.4 Å². The Kier molecular flexibility index (Phi) is 6.34. The molecular formula is C24H30N2O2S. The van der Waals surface area contributed by atoms with E-state index in [2.05, 4.69) is 52.7 Å². The Morgan fingerprint density at radius 1 is 1.07 bits per heavy atom. The van der Waals surface area contributed by atoms with Crippen LogP contribution in [0.2, 0.25) is 0 Å². The van der Waals surface area contributed by atoms with Gasteiger partial charge in [-0.1, -0.05) is 42.4 Å². The Morgan fingerprint density at radius 2 is 1.76 bits per heavy atom. The normalized spacial score (nSPS) is 24.9. The number of carbonyl (C=O) groups excluding carboxylic acids is 1. The zero-order chi connectivity index (χ0) is 20.2. The second-order valence-corrected chi connectivity index (χ2v) is 9.51. The predicted molar refractivity (Wildman–Crippen MR) is 120 cm³/mol. The van der Waals surface area contributed by atoms with E-state index in [0.717, 1.165) is 68.7 Å². The zero-order valence-corrected chi connectivity index (χ0v) is 17.9. The molecule has 1 amide bonds. The highest BCUT2D eigenvalue weighted by Gasteiger charge is 2.34. The fourth-order valence-electron chi connectivity index (χ4n) is 4.72. The van der Waals surface area contributed by atoms with E-state index in [0.29, 0.717) is 5.91 Å². The molecule has 0 saturated heterocycles. The standard InChI is InChI=1S/C24H30N2O2S/c1-17-7-9-19(10-8-17)24(27)26(21-13-11-20(25-28)12-14-21)22-15-23(29-16-22)18-5-3-2-4-6-18/h2-6,15-17,19,21,28H,7-14H2,1H3. The monoisotopic (exact) mass is 410 g/mol. The van der Waals surface area contributed by atoms with Crippen LogP contribution < -0.4 is 4.90 Å². The molecule has 1 heterocycles. The summed E-state index contributed by atoms with van der Waals surface area (Å²) in [6, 6.07) is 12.7. The zero-order valence-electron chi connectivity index (χ0n) is 17.1. The molecule has 4 rings (SSSR count). The summed E-state index contributed by atoms with van der Waals surface area (Å²) in [4.78, 5) is 16.9. The van der Waals surface area contributed by atoms with Crippen LogP contribution in [0.25, 0.3) is 10.4 Å². The summed E-state index contributed by atoms with van der Waals surface area (Å²) in [6.45, 7) is 2.29. The largest absolute Gasteiger partial charge is 0.411 e. The van der Waals surface area contributed by atoms with Crippen molar-refractivity contribution in [2.24, 2.45) is 17.0 Å². The molecule has 4 nitrogen and oxygen atoms in total. The van der Waals surface area contributed by atoms with Crippen molar-refractivity contribution < 1.29 is 10.0 Å². The molecule has 2 aromatic rings. The minimum absolute atomic E-state index is 0.138. The molecule has 2 fully saturated rings. The molecule has 1 N–H and O–H groups in total. The van der Waals surface area contributed by atoms with Crippen LogP contribution in [0, 0.1) is 11.8 Å². The van der Waals surface area contributed by atoms with Crippen LogP contribution >= 0.6 is 11.3 Å². The van der Waals surface area contributed by atoms with E-state index in [9.17, 15) is 4.79 Å². The summed E-state index contributed by atoms with van der Waals surface area (Å²) in [5, 5.41) is 14.7. The maximum Gasteiger partial charge on any atom is 0.230 e. The lowest BCUT2D eigenvalue weighted by atomic mass is 9.81. The average molecular weight is 411 g/mol. The summed E-state index contributed by atoms with van der Waals surface area (Å²) in [7, 11) is 0. The maximum atomic E-state index is 13.7. The van der Waals surface area contributed by atoms with E-state index in [1.807, 2.05) is 6.07 Å². The molecule has 29 heavy (non-hydrogen) atoms. The number of thiophene rings is 1. The lowest BCUT2D eigenvalue weighted by Gasteiger charge is -2.37. The molecule has 0 unspecified atom stereocenters. The Morgan fingerprint density at radius 3 is 2.41 bits per heavy atom. The lowest BCUT2D eigenvalue weighted by molar-refractivity contribution is -0.124. The van der Waals surface area contributed by atoms with Gasteiger partial charge in [0.05, 0.1) is 11.4 Å². The first-order chi connectivity index (χ1) is 14.2. The molecular weight excluding hydrogens is 380 g/mol. The number of oxime groups is 1. The van der Waals surface area contributed by atoms with Gasteiger partial charge in [0, 0.05) is 22.2 Å². The van der Waals surface area contributed by atoms with Gasteiger partial charge in [-0.15, -0.1) is 11.3 Å². The maximum absolute atomic E-state index is 13.7. The van der Waals surface area contributed by atoms with Gasteiger partial charge >= 0.3 is 0 Å². The number of nitrogens with zero attached hydrogens (tertiary/aromatic N) is 2. The second-order valence-electron chi connectivity index (χ2n) is 8.60. The van der Waals surface area contributed by atoms with Gasteiger partial charge in [0.15, 0.2) is 0 Å². The van der Waals surface area contributed by atoms with Crippen molar-refractivity contribution in [3.63, 3.8) is 0 Å². The summed E-state index contributed by atoms with van der Waals surface area (Å²) < 4.78 is 0.